The van der Waals surface area contributed by atoms with E-state index < -0.39 is 94.5 Å². The number of carbonyl (C=O) groups is 3. The Kier molecular flexibility index (Phi) is 7.04. The molecule has 3 rings (SSSR count). The zero-order valence-electron chi connectivity index (χ0n) is 17.1. The van der Waals surface area contributed by atoms with Crippen molar-refractivity contribution in [1.82, 2.24) is 0 Å². The van der Waals surface area contributed by atoms with Crippen LogP contribution in [0.5, 0.6) is 17.2 Å². The molecule has 13 heteroatoms. The number of ketones is 1. The van der Waals surface area contributed by atoms with Gasteiger partial charge in [0.2, 0.25) is 12.1 Å². The van der Waals surface area contributed by atoms with E-state index in [1.54, 1.807) is 0 Å². The Morgan fingerprint density at radius 3 is 2.15 bits per heavy atom. The monoisotopic (exact) mass is 480 g/mol. The molecule has 13 nitrogen and oxygen atoms in total. The van der Waals surface area contributed by atoms with Crippen molar-refractivity contribution in [2.45, 2.75) is 30.7 Å². The van der Waals surface area contributed by atoms with E-state index in [1.807, 2.05) is 0 Å². The Hall–Kier alpha value is -3.75. The molecule has 1 aliphatic rings. The average molecular weight is 480 g/mol. The summed E-state index contributed by atoms with van der Waals surface area (Å²) in [5.41, 5.74) is -3.01. The molecule has 8 N–H and O–H groups in total. The Morgan fingerprint density at radius 1 is 0.882 bits per heavy atom. The van der Waals surface area contributed by atoms with Gasteiger partial charge in [0.05, 0.1) is 23.3 Å². The lowest BCUT2D eigenvalue weighted by Gasteiger charge is -2.39. The van der Waals surface area contributed by atoms with Crippen LogP contribution in [0.3, 0.4) is 0 Å². The standard InChI is InChI=1S/C21H20O13/c22-6-12-15(25)17(27)18(28)21(34-12)33-11-3-1-2-9(23)14(11)16(26)13-8(20(31)32)4-7(19(29)30)5-10(13)24/h1-5,12,15,17-18,21-25,27-28H,6H2,(H,29,30)(H,31,32)/t12-,15-,17+,18-,21-/m1/s1. The van der Waals surface area contributed by atoms with Crippen LogP contribution in [-0.2, 0) is 4.74 Å². The maximum absolute atomic E-state index is 13.2. The number of phenols is 2. The first-order valence-corrected chi connectivity index (χ1v) is 9.65. The lowest BCUT2D eigenvalue weighted by molar-refractivity contribution is -0.277. The smallest absolute Gasteiger partial charge is 0.336 e. The van der Waals surface area contributed by atoms with E-state index in [9.17, 15) is 50.1 Å². The summed E-state index contributed by atoms with van der Waals surface area (Å²) in [6, 6.07) is 4.68. The fourth-order valence-corrected chi connectivity index (χ4v) is 3.42. The van der Waals surface area contributed by atoms with Gasteiger partial charge in [0.25, 0.3) is 0 Å². The number of phenolic OH excluding ortho intramolecular Hbond substituents is 2. The first kappa shape index (κ1) is 24.9. The molecule has 1 aliphatic heterocycles. The van der Waals surface area contributed by atoms with Gasteiger partial charge in [-0.2, -0.15) is 0 Å². The lowest BCUT2D eigenvalue weighted by Crippen LogP contribution is -2.60. The number of aliphatic hydroxyl groups excluding tert-OH is 4. The normalized spacial score (nSPS) is 24.4. The Morgan fingerprint density at radius 2 is 1.56 bits per heavy atom. The van der Waals surface area contributed by atoms with E-state index in [2.05, 4.69) is 0 Å². The van der Waals surface area contributed by atoms with Gasteiger partial charge < -0.3 is 50.3 Å². The molecule has 34 heavy (non-hydrogen) atoms. The third-order valence-electron chi connectivity index (χ3n) is 5.14. The molecule has 0 amide bonds. The van der Waals surface area contributed by atoms with Crippen molar-refractivity contribution in [2.24, 2.45) is 0 Å². The third kappa shape index (κ3) is 4.50. The molecule has 0 radical (unpaired) electrons. The molecule has 1 heterocycles. The van der Waals surface area contributed by atoms with Gasteiger partial charge in [-0.15, -0.1) is 0 Å². The fraction of sp³-hybridized carbons (Fsp3) is 0.286. The molecule has 0 bridgehead atoms. The number of carboxylic acid groups (broad SMARTS) is 2. The van der Waals surface area contributed by atoms with Crippen LogP contribution >= 0.6 is 0 Å². The van der Waals surface area contributed by atoms with E-state index in [0.717, 1.165) is 12.1 Å². The average Bonchev–Trinajstić information content (AvgIpc) is 2.78. The van der Waals surface area contributed by atoms with Crippen LogP contribution in [0, 0.1) is 0 Å². The molecule has 2 aromatic rings. The van der Waals surface area contributed by atoms with Crippen molar-refractivity contribution in [3.8, 4) is 17.2 Å². The zero-order chi connectivity index (χ0) is 25.3. The number of ether oxygens (including phenoxy) is 2. The Bertz CT molecular complexity index is 1130. The zero-order valence-corrected chi connectivity index (χ0v) is 17.1. The number of aromatic hydroxyl groups is 2. The molecule has 0 aliphatic carbocycles. The number of carboxylic acids is 2. The second-order valence-electron chi connectivity index (χ2n) is 7.32. The molecule has 1 saturated heterocycles. The summed E-state index contributed by atoms with van der Waals surface area (Å²) in [7, 11) is 0. The van der Waals surface area contributed by atoms with Crippen LogP contribution in [0.2, 0.25) is 0 Å². The van der Waals surface area contributed by atoms with Crippen molar-refractivity contribution in [3.63, 3.8) is 0 Å². The number of carbonyl (C=O) groups excluding carboxylic acids is 1. The Labute approximate surface area is 190 Å². The number of aromatic carboxylic acids is 2. The second kappa shape index (κ2) is 9.62. The van der Waals surface area contributed by atoms with E-state index in [4.69, 9.17) is 14.6 Å². The number of hydrogen-bond donors (Lipinski definition) is 8. The van der Waals surface area contributed by atoms with Crippen molar-refractivity contribution >= 4 is 17.7 Å². The molecule has 182 valence electrons. The number of benzene rings is 2. The summed E-state index contributed by atoms with van der Waals surface area (Å²) in [6.07, 6.45) is -8.44. The first-order chi connectivity index (χ1) is 16.0. The molecule has 0 spiro atoms. The van der Waals surface area contributed by atoms with Gasteiger partial charge in [-0.3, -0.25) is 4.79 Å². The predicted octanol–water partition coefficient (Wildman–Crippen LogP) is -1.10. The SMILES string of the molecule is O=C(O)c1cc(O)c(C(=O)c2c(O)cccc2O[C@@H]2O[C@H](CO)[C@@H](O)[C@H](O)[C@H]2O)c(C(=O)O)c1. The molecule has 5 atom stereocenters. The van der Waals surface area contributed by atoms with E-state index in [1.165, 1.54) is 6.07 Å². The van der Waals surface area contributed by atoms with Crippen LogP contribution in [0.25, 0.3) is 0 Å². The fourth-order valence-electron chi connectivity index (χ4n) is 3.42. The largest absolute Gasteiger partial charge is 0.507 e. The highest BCUT2D eigenvalue weighted by molar-refractivity contribution is 6.18. The van der Waals surface area contributed by atoms with Crippen molar-refractivity contribution in [1.29, 1.82) is 0 Å². The van der Waals surface area contributed by atoms with Crippen molar-refractivity contribution < 1.29 is 64.7 Å². The number of hydrogen-bond acceptors (Lipinski definition) is 11. The van der Waals surface area contributed by atoms with E-state index in [-0.39, 0.29) is 0 Å². The summed E-state index contributed by atoms with van der Waals surface area (Å²) in [5, 5.41) is 78.4. The molecule has 2 aromatic carbocycles. The van der Waals surface area contributed by atoms with Crippen LogP contribution in [0.15, 0.2) is 30.3 Å². The summed E-state index contributed by atoms with van der Waals surface area (Å²) >= 11 is 0. The van der Waals surface area contributed by atoms with E-state index >= 15 is 0 Å². The topological polar surface area (TPSA) is 232 Å². The summed E-state index contributed by atoms with van der Waals surface area (Å²) < 4.78 is 10.6. The summed E-state index contributed by atoms with van der Waals surface area (Å²) in [5.74, 6) is -6.79. The molecular weight excluding hydrogens is 460 g/mol. The highest BCUT2D eigenvalue weighted by atomic mass is 16.7. The van der Waals surface area contributed by atoms with Gasteiger partial charge in [-0.05, 0) is 24.3 Å². The van der Waals surface area contributed by atoms with E-state index in [0.29, 0.717) is 12.1 Å². The maximum Gasteiger partial charge on any atom is 0.336 e. The Balaban J connectivity index is 2.07. The molecular formula is C21H20O13. The van der Waals surface area contributed by atoms with Crippen LogP contribution in [-0.4, -0.2) is 95.9 Å². The van der Waals surface area contributed by atoms with Crippen LogP contribution < -0.4 is 4.74 Å². The highest BCUT2D eigenvalue weighted by Gasteiger charge is 2.45. The van der Waals surface area contributed by atoms with Gasteiger partial charge in [-0.25, -0.2) is 9.59 Å². The number of rotatable bonds is 7. The van der Waals surface area contributed by atoms with Crippen molar-refractivity contribution in [3.05, 3.63) is 52.6 Å². The first-order valence-electron chi connectivity index (χ1n) is 9.65. The second-order valence-corrected chi connectivity index (χ2v) is 7.32. The third-order valence-corrected chi connectivity index (χ3v) is 5.14. The summed E-state index contributed by atoms with van der Waals surface area (Å²) in [6.45, 7) is -0.762. The maximum atomic E-state index is 13.2. The van der Waals surface area contributed by atoms with Crippen LogP contribution in [0.1, 0.15) is 36.6 Å². The van der Waals surface area contributed by atoms with Gasteiger partial charge in [0, 0.05) is 0 Å². The molecule has 0 aromatic heterocycles. The van der Waals surface area contributed by atoms with Gasteiger partial charge in [0.1, 0.15) is 47.2 Å². The highest BCUT2D eigenvalue weighted by Crippen LogP contribution is 2.36. The predicted molar refractivity (Wildman–Crippen MR) is 108 cm³/mol. The van der Waals surface area contributed by atoms with Gasteiger partial charge in [-0.1, -0.05) is 6.07 Å². The molecule has 0 saturated carbocycles. The summed E-state index contributed by atoms with van der Waals surface area (Å²) in [4.78, 5) is 36.1. The minimum atomic E-state index is -1.86. The van der Waals surface area contributed by atoms with Gasteiger partial charge in [0.15, 0.2) is 0 Å². The molecule has 0 unspecified atom stereocenters. The molecule has 1 fully saturated rings. The number of aliphatic hydroxyl groups is 4. The van der Waals surface area contributed by atoms with Crippen molar-refractivity contribution in [2.75, 3.05) is 6.61 Å². The minimum absolute atomic E-state index is 0.479. The van der Waals surface area contributed by atoms with Crippen LogP contribution in [0.4, 0.5) is 0 Å². The minimum Gasteiger partial charge on any atom is -0.507 e. The quantitative estimate of drug-likeness (QED) is 0.220. The lowest BCUT2D eigenvalue weighted by atomic mass is 9.94. The van der Waals surface area contributed by atoms with Gasteiger partial charge >= 0.3 is 11.9 Å².